The zero-order valence-corrected chi connectivity index (χ0v) is 12.5. The largest absolute Gasteiger partial charge is 0.397 e. The van der Waals surface area contributed by atoms with Crippen molar-refractivity contribution in [3.05, 3.63) is 26.6 Å². The Morgan fingerprint density at radius 2 is 2.00 bits per heavy atom. The second-order valence-electron chi connectivity index (χ2n) is 3.48. The van der Waals surface area contributed by atoms with E-state index >= 15 is 0 Å². The minimum absolute atomic E-state index is 0.301. The summed E-state index contributed by atoms with van der Waals surface area (Å²) in [4.78, 5) is 0.671. The van der Waals surface area contributed by atoms with Crippen molar-refractivity contribution in [2.24, 2.45) is 0 Å². The van der Waals surface area contributed by atoms with Gasteiger partial charge in [-0.1, -0.05) is 28.1 Å². The Labute approximate surface area is 112 Å². The zero-order chi connectivity index (χ0) is 11.6. The van der Waals surface area contributed by atoms with E-state index in [4.69, 9.17) is 18.0 Å². The molecule has 0 radical (unpaired) electrons. The minimum Gasteiger partial charge on any atom is -0.397 e. The van der Waals surface area contributed by atoms with Gasteiger partial charge in [-0.3, -0.25) is 0 Å². The average molecular weight is 352 g/mol. The molecule has 1 rings (SSSR count). The van der Waals surface area contributed by atoms with Gasteiger partial charge in [0.1, 0.15) is 4.99 Å². The molecule has 0 aliphatic rings. The standard InChI is InChI=1S/C10H12Br2N2S/c1-5(2)14-10(15)7-3-6(11)4-8(12)9(7)13/h3-5H,13H2,1-2H3,(H,14,15). The van der Waals surface area contributed by atoms with E-state index in [0.29, 0.717) is 16.7 Å². The third kappa shape index (κ3) is 3.43. The van der Waals surface area contributed by atoms with Crippen LogP contribution in [-0.4, -0.2) is 11.0 Å². The third-order valence-corrected chi connectivity index (χ3v) is 3.21. The van der Waals surface area contributed by atoms with Gasteiger partial charge < -0.3 is 11.1 Å². The third-order valence-electron chi connectivity index (χ3n) is 1.76. The number of benzene rings is 1. The fourth-order valence-electron chi connectivity index (χ4n) is 1.11. The lowest BCUT2D eigenvalue weighted by molar-refractivity contribution is 0.741. The van der Waals surface area contributed by atoms with Gasteiger partial charge in [-0.05, 0) is 41.9 Å². The normalized spacial score (nSPS) is 10.5. The lowest BCUT2D eigenvalue weighted by Crippen LogP contribution is -2.29. The molecule has 0 amide bonds. The Kier molecular flexibility index (Phi) is 4.55. The van der Waals surface area contributed by atoms with Crippen LogP contribution in [0.3, 0.4) is 0 Å². The molecule has 0 spiro atoms. The first-order chi connectivity index (χ1) is 6.91. The van der Waals surface area contributed by atoms with Crippen molar-refractivity contribution in [1.29, 1.82) is 0 Å². The lowest BCUT2D eigenvalue weighted by atomic mass is 10.1. The van der Waals surface area contributed by atoms with Gasteiger partial charge in [0.05, 0.1) is 5.69 Å². The summed E-state index contributed by atoms with van der Waals surface area (Å²) in [5, 5.41) is 3.16. The molecular weight excluding hydrogens is 340 g/mol. The van der Waals surface area contributed by atoms with Gasteiger partial charge in [-0.2, -0.15) is 0 Å². The molecule has 0 unspecified atom stereocenters. The highest BCUT2D eigenvalue weighted by Gasteiger charge is 2.10. The van der Waals surface area contributed by atoms with Crippen LogP contribution in [0.5, 0.6) is 0 Å². The monoisotopic (exact) mass is 350 g/mol. The van der Waals surface area contributed by atoms with Crippen LogP contribution in [0.1, 0.15) is 19.4 Å². The molecule has 0 saturated heterocycles. The first-order valence-corrected chi connectivity index (χ1v) is 6.46. The zero-order valence-electron chi connectivity index (χ0n) is 8.47. The molecule has 0 saturated carbocycles. The van der Waals surface area contributed by atoms with E-state index in [2.05, 4.69) is 37.2 Å². The van der Waals surface area contributed by atoms with E-state index < -0.39 is 0 Å². The molecule has 0 heterocycles. The highest BCUT2D eigenvalue weighted by molar-refractivity contribution is 9.11. The van der Waals surface area contributed by atoms with Crippen molar-refractivity contribution >= 4 is 54.8 Å². The van der Waals surface area contributed by atoms with Gasteiger partial charge in [0.2, 0.25) is 0 Å². The number of thiocarbonyl (C=S) groups is 1. The maximum atomic E-state index is 5.93. The van der Waals surface area contributed by atoms with Crippen LogP contribution >= 0.6 is 44.1 Å². The van der Waals surface area contributed by atoms with E-state index in [-0.39, 0.29) is 0 Å². The quantitative estimate of drug-likeness (QED) is 0.633. The Morgan fingerprint density at radius 1 is 1.40 bits per heavy atom. The van der Waals surface area contributed by atoms with E-state index in [1.165, 1.54) is 0 Å². The molecule has 1 aromatic rings. The number of hydrogen-bond acceptors (Lipinski definition) is 2. The van der Waals surface area contributed by atoms with Crippen LogP contribution in [-0.2, 0) is 0 Å². The molecule has 0 aliphatic carbocycles. The van der Waals surface area contributed by atoms with Crippen LogP contribution < -0.4 is 11.1 Å². The average Bonchev–Trinajstić information content (AvgIpc) is 2.09. The predicted molar refractivity (Wildman–Crippen MR) is 76.2 cm³/mol. The second-order valence-corrected chi connectivity index (χ2v) is 5.66. The van der Waals surface area contributed by atoms with Crippen molar-refractivity contribution in [1.82, 2.24) is 5.32 Å². The molecule has 3 N–H and O–H groups in total. The van der Waals surface area contributed by atoms with Gasteiger partial charge in [0, 0.05) is 20.6 Å². The molecule has 0 aromatic heterocycles. The Hall–Kier alpha value is -0.130. The molecule has 0 bridgehead atoms. The summed E-state index contributed by atoms with van der Waals surface area (Å²) in [7, 11) is 0. The van der Waals surface area contributed by atoms with E-state index in [0.717, 1.165) is 14.5 Å². The number of halogens is 2. The first-order valence-electron chi connectivity index (χ1n) is 4.47. The summed E-state index contributed by atoms with van der Waals surface area (Å²) >= 11 is 12.1. The van der Waals surface area contributed by atoms with Crippen LogP contribution in [0, 0.1) is 0 Å². The number of hydrogen-bond donors (Lipinski definition) is 2. The molecule has 82 valence electrons. The van der Waals surface area contributed by atoms with Crippen molar-refractivity contribution in [2.45, 2.75) is 19.9 Å². The van der Waals surface area contributed by atoms with Gasteiger partial charge in [0.25, 0.3) is 0 Å². The smallest absolute Gasteiger partial charge is 0.108 e. The fraction of sp³-hybridized carbons (Fsp3) is 0.300. The van der Waals surface area contributed by atoms with Crippen LogP contribution in [0.4, 0.5) is 5.69 Å². The second kappa shape index (κ2) is 5.27. The fourth-order valence-corrected chi connectivity index (χ4v) is 2.74. The Morgan fingerprint density at radius 3 is 2.53 bits per heavy atom. The number of anilines is 1. The summed E-state index contributed by atoms with van der Waals surface area (Å²) in [6.07, 6.45) is 0. The maximum absolute atomic E-state index is 5.93. The Bertz CT molecular complexity index is 391. The molecule has 1 aromatic carbocycles. The van der Waals surface area contributed by atoms with Crippen LogP contribution in [0.25, 0.3) is 0 Å². The summed E-state index contributed by atoms with van der Waals surface area (Å²) in [5.41, 5.74) is 7.44. The van der Waals surface area contributed by atoms with Gasteiger partial charge >= 0.3 is 0 Å². The van der Waals surface area contributed by atoms with Crippen LogP contribution in [0.2, 0.25) is 0 Å². The van der Waals surface area contributed by atoms with Crippen LogP contribution in [0.15, 0.2) is 21.1 Å². The van der Waals surface area contributed by atoms with E-state index in [1.807, 2.05) is 26.0 Å². The maximum Gasteiger partial charge on any atom is 0.108 e. The number of rotatable bonds is 2. The highest BCUT2D eigenvalue weighted by atomic mass is 79.9. The predicted octanol–water partition coefficient (Wildman–Crippen LogP) is 3.47. The number of nitrogens with two attached hydrogens (primary N) is 1. The molecule has 15 heavy (non-hydrogen) atoms. The summed E-state index contributed by atoms with van der Waals surface area (Å²) < 4.78 is 1.80. The van der Waals surface area contributed by atoms with Gasteiger partial charge in [-0.25, -0.2) is 0 Å². The first kappa shape index (κ1) is 12.9. The highest BCUT2D eigenvalue weighted by Crippen LogP contribution is 2.28. The topological polar surface area (TPSA) is 38.0 Å². The molecule has 0 fully saturated rings. The lowest BCUT2D eigenvalue weighted by Gasteiger charge is -2.14. The summed E-state index contributed by atoms with van der Waals surface area (Å²) in [6.45, 7) is 4.07. The number of nitrogens with one attached hydrogen (secondary N) is 1. The van der Waals surface area contributed by atoms with Crippen molar-refractivity contribution in [3.63, 3.8) is 0 Å². The van der Waals surface area contributed by atoms with Crippen molar-refractivity contribution < 1.29 is 0 Å². The summed E-state index contributed by atoms with van der Waals surface area (Å²) in [5.74, 6) is 0. The van der Waals surface area contributed by atoms with E-state index in [1.54, 1.807) is 0 Å². The molecular formula is C10H12Br2N2S. The Balaban J connectivity index is 3.08. The molecule has 5 heteroatoms. The van der Waals surface area contributed by atoms with Crippen molar-refractivity contribution in [2.75, 3.05) is 5.73 Å². The number of nitrogen functional groups attached to an aromatic ring is 1. The van der Waals surface area contributed by atoms with Gasteiger partial charge in [0.15, 0.2) is 0 Å². The SMILES string of the molecule is CC(C)NC(=S)c1cc(Br)cc(Br)c1N. The molecule has 0 atom stereocenters. The minimum atomic E-state index is 0.301. The summed E-state index contributed by atoms with van der Waals surface area (Å²) in [6, 6.07) is 4.11. The van der Waals surface area contributed by atoms with Crippen molar-refractivity contribution in [3.8, 4) is 0 Å². The molecule has 2 nitrogen and oxygen atoms in total. The van der Waals surface area contributed by atoms with E-state index in [9.17, 15) is 0 Å². The molecule has 0 aliphatic heterocycles. The van der Waals surface area contributed by atoms with Gasteiger partial charge in [-0.15, -0.1) is 0 Å².